The van der Waals surface area contributed by atoms with Gasteiger partial charge in [0.1, 0.15) is 0 Å². The van der Waals surface area contributed by atoms with E-state index in [-0.39, 0.29) is 5.41 Å². The highest BCUT2D eigenvalue weighted by Gasteiger charge is 2.20. The van der Waals surface area contributed by atoms with Gasteiger partial charge >= 0.3 is 0 Å². The molecule has 0 unspecified atom stereocenters. The van der Waals surface area contributed by atoms with E-state index in [1.165, 1.54) is 5.56 Å². The van der Waals surface area contributed by atoms with E-state index in [2.05, 4.69) is 40.4 Å². The van der Waals surface area contributed by atoms with E-state index in [1.54, 1.807) is 0 Å². The Kier molecular flexibility index (Phi) is 4.69. The molecule has 0 bridgehead atoms. The molecule has 0 amide bonds. The molecule has 1 aromatic rings. The number of piperazine rings is 1. The number of pyridine rings is 1. The van der Waals surface area contributed by atoms with E-state index in [4.69, 9.17) is 0 Å². The van der Waals surface area contributed by atoms with Crippen molar-refractivity contribution in [2.24, 2.45) is 0 Å². The van der Waals surface area contributed by atoms with Gasteiger partial charge in [-0.3, -0.25) is 9.88 Å². The molecule has 100 valence electrons. The van der Waals surface area contributed by atoms with Gasteiger partial charge in [0, 0.05) is 57.2 Å². The second kappa shape index (κ2) is 6.27. The van der Waals surface area contributed by atoms with Crippen LogP contribution >= 0.6 is 0 Å². The van der Waals surface area contributed by atoms with Crippen LogP contribution in [0.4, 0.5) is 0 Å². The first-order valence-electron chi connectivity index (χ1n) is 6.73. The van der Waals surface area contributed by atoms with E-state index in [0.29, 0.717) is 0 Å². The molecule has 0 radical (unpaired) electrons. The third-order valence-corrected chi connectivity index (χ3v) is 3.55. The average Bonchev–Trinajstić information content (AvgIpc) is 2.41. The Morgan fingerprint density at radius 3 is 2.83 bits per heavy atom. The van der Waals surface area contributed by atoms with Gasteiger partial charge in [-0.2, -0.15) is 0 Å². The smallest absolute Gasteiger partial charge is 0.0481 e. The average molecular weight is 248 g/mol. The molecule has 1 fully saturated rings. The summed E-state index contributed by atoms with van der Waals surface area (Å²) in [5, 5.41) is 6.93. The Bertz CT molecular complexity index is 344. The molecular formula is C14H24N4. The summed E-state index contributed by atoms with van der Waals surface area (Å²) in [6, 6.07) is 4.16. The largest absolute Gasteiger partial charge is 0.314 e. The van der Waals surface area contributed by atoms with Crippen molar-refractivity contribution in [1.82, 2.24) is 20.5 Å². The van der Waals surface area contributed by atoms with Crippen molar-refractivity contribution in [3.05, 3.63) is 30.1 Å². The van der Waals surface area contributed by atoms with Crippen LogP contribution in [0.15, 0.2) is 24.5 Å². The Balaban J connectivity index is 1.78. The molecule has 4 heteroatoms. The summed E-state index contributed by atoms with van der Waals surface area (Å²) in [5.74, 6) is 0. The standard InChI is InChI=1S/C14H24N4/c1-14(2,13-4-3-5-16-10-13)11-17-12-18-8-6-15-7-9-18/h3-5,10,15,17H,6-9,11-12H2,1-2H3. The number of aromatic nitrogens is 1. The Labute approximate surface area is 110 Å². The number of hydrogen-bond acceptors (Lipinski definition) is 4. The van der Waals surface area contributed by atoms with Gasteiger partial charge in [0.05, 0.1) is 0 Å². The summed E-state index contributed by atoms with van der Waals surface area (Å²) in [6.45, 7) is 11.0. The van der Waals surface area contributed by atoms with Crippen molar-refractivity contribution in [3.8, 4) is 0 Å². The molecule has 18 heavy (non-hydrogen) atoms. The van der Waals surface area contributed by atoms with Crippen LogP contribution in [0.25, 0.3) is 0 Å². The van der Waals surface area contributed by atoms with Gasteiger partial charge in [0.2, 0.25) is 0 Å². The summed E-state index contributed by atoms with van der Waals surface area (Å²) in [7, 11) is 0. The maximum Gasteiger partial charge on any atom is 0.0481 e. The molecular weight excluding hydrogens is 224 g/mol. The molecule has 2 rings (SSSR count). The summed E-state index contributed by atoms with van der Waals surface area (Å²) >= 11 is 0. The van der Waals surface area contributed by atoms with E-state index >= 15 is 0 Å². The van der Waals surface area contributed by atoms with Crippen LogP contribution in [-0.4, -0.2) is 49.3 Å². The quantitative estimate of drug-likeness (QED) is 0.809. The van der Waals surface area contributed by atoms with Gasteiger partial charge in [0.25, 0.3) is 0 Å². The first-order valence-corrected chi connectivity index (χ1v) is 6.73. The van der Waals surface area contributed by atoms with Crippen LogP contribution in [0, 0.1) is 0 Å². The van der Waals surface area contributed by atoms with Crippen LogP contribution in [0.3, 0.4) is 0 Å². The third kappa shape index (κ3) is 3.77. The highest BCUT2D eigenvalue weighted by Crippen LogP contribution is 2.20. The van der Waals surface area contributed by atoms with Gasteiger partial charge < -0.3 is 10.6 Å². The van der Waals surface area contributed by atoms with Crippen LogP contribution in [0.5, 0.6) is 0 Å². The summed E-state index contributed by atoms with van der Waals surface area (Å²) in [5.41, 5.74) is 1.42. The first-order chi connectivity index (χ1) is 8.68. The summed E-state index contributed by atoms with van der Waals surface area (Å²) in [6.07, 6.45) is 3.79. The molecule has 1 aliphatic rings. The van der Waals surface area contributed by atoms with E-state index in [1.807, 2.05) is 18.5 Å². The highest BCUT2D eigenvalue weighted by atomic mass is 15.3. The second-order valence-electron chi connectivity index (χ2n) is 5.58. The van der Waals surface area contributed by atoms with Crippen molar-refractivity contribution in [2.75, 3.05) is 39.4 Å². The van der Waals surface area contributed by atoms with Crippen molar-refractivity contribution in [2.45, 2.75) is 19.3 Å². The number of nitrogens with zero attached hydrogens (tertiary/aromatic N) is 2. The lowest BCUT2D eigenvalue weighted by Gasteiger charge is -2.30. The fourth-order valence-corrected chi connectivity index (χ4v) is 2.26. The molecule has 4 nitrogen and oxygen atoms in total. The Morgan fingerprint density at radius 2 is 2.17 bits per heavy atom. The fraction of sp³-hybridized carbons (Fsp3) is 0.643. The maximum absolute atomic E-state index is 4.20. The second-order valence-corrected chi connectivity index (χ2v) is 5.58. The maximum atomic E-state index is 4.20. The molecule has 0 atom stereocenters. The minimum Gasteiger partial charge on any atom is -0.314 e. The minimum absolute atomic E-state index is 0.127. The topological polar surface area (TPSA) is 40.2 Å². The lowest BCUT2D eigenvalue weighted by Crippen LogP contribution is -2.48. The van der Waals surface area contributed by atoms with Crippen LogP contribution in [0.1, 0.15) is 19.4 Å². The molecule has 1 aliphatic heterocycles. The van der Waals surface area contributed by atoms with Gasteiger partial charge in [-0.05, 0) is 11.6 Å². The van der Waals surface area contributed by atoms with E-state index < -0.39 is 0 Å². The van der Waals surface area contributed by atoms with Crippen LogP contribution in [-0.2, 0) is 5.41 Å². The lowest BCUT2D eigenvalue weighted by atomic mass is 9.86. The van der Waals surface area contributed by atoms with Gasteiger partial charge in [-0.25, -0.2) is 0 Å². The van der Waals surface area contributed by atoms with Gasteiger partial charge in [-0.1, -0.05) is 19.9 Å². The highest BCUT2D eigenvalue weighted by molar-refractivity contribution is 5.19. The third-order valence-electron chi connectivity index (χ3n) is 3.55. The van der Waals surface area contributed by atoms with Crippen molar-refractivity contribution >= 4 is 0 Å². The Morgan fingerprint density at radius 1 is 1.39 bits per heavy atom. The Hall–Kier alpha value is -0.970. The van der Waals surface area contributed by atoms with Gasteiger partial charge in [-0.15, -0.1) is 0 Å². The van der Waals surface area contributed by atoms with Crippen LogP contribution in [0.2, 0.25) is 0 Å². The normalized spacial score (nSPS) is 17.9. The zero-order valence-corrected chi connectivity index (χ0v) is 11.4. The molecule has 1 saturated heterocycles. The monoisotopic (exact) mass is 248 g/mol. The van der Waals surface area contributed by atoms with E-state index in [0.717, 1.165) is 39.4 Å². The zero-order valence-electron chi connectivity index (χ0n) is 11.4. The van der Waals surface area contributed by atoms with E-state index in [9.17, 15) is 0 Å². The summed E-state index contributed by atoms with van der Waals surface area (Å²) < 4.78 is 0. The molecule has 2 N–H and O–H groups in total. The summed E-state index contributed by atoms with van der Waals surface area (Å²) in [4.78, 5) is 6.66. The van der Waals surface area contributed by atoms with Gasteiger partial charge in [0.15, 0.2) is 0 Å². The number of hydrogen-bond donors (Lipinski definition) is 2. The van der Waals surface area contributed by atoms with Crippen molar-refractivity contribution in [3.63, 3.8) is 0 Å². The number of rotatable bonds is 5. The predicted molar refractivity (Wildman–Crippen MR) is 74.6 cm³/mol. The molecule has 0 aromatic carbocycles. The molecule has 0 saturated carbocycles. The first kappa shape index (κ1) is 13.5. The molecule has 0 aliphatic carbocycles. The van der Waals surface area contributed by atoms with Crippen LogP contribution < -0.4 is 10.6 Å². The SMILES string of the molecule is CC(C)(CNCN1CCNCC1)c1cccnc1. The fourth-order valence-electron chi connectivity index (χ4n) is 2.26. The minimum atomic E-state index is 0.127. The molecule has 0 spiro atoms. The molecule has 1 aromatic heterocycles. The van der Waals surface area contributed by atoms with Crippen molar-refractivity contribution < 1.29 is 0 Å². The number of nitrogens with one attached hydrogen (secondary N) is 2. The predicted octanol–water partition coefficient (Wildman–Crippen LogP) is 0.812. The molecule has 2 heterocycles. The lowest BCUT2D eigenvalue weighted by molar-refractivity contribution is 0.218. The zero-order chi connectivity index (χ0) is 12.8. The van der Waals surface area contributed by atoms with Crippen molar-refractivity contribution in [1.29, 1.82) is 0 Å².